The van der Waals surface area contributed by atoms with E-state index < -0.39 is 5.97 Å². The van der Waals surface area contributed by atoms with Crippen LogP contribution >= 0.6 is 0 Å². The minimum Gasteiger partial charge on any atom is -0.481 e. The average molecular weight is 240 g/mol. The fourth-order valence-electron chi connectivity index (χ4n) is 2.92. The summed E-state index contributed by atoms with van der Waals surface area (Å²) in [5.41, 5.74) is 0. The molecule has 2 aliphatic heterocycles. The third kappa shape index (κ3) is 3.42. The Morgan fingerprint density at radius 3 is 2.94 bits per heavy atom. The topological polar surface area (TPSA) is 43.8 Å². The lowest BCUT2D eigenvalue weighted by Crippen LogP contribution is -2.54. The van der Waals surface area contributed by atoms with Crippen molar-refractivity contribution in [1.82, 2.24) is 9.80 Å². The standard InChI is InChI=1S/C13H24N2O2/c1-11(13(16)17)5-7-14-8-9-15-6-3-2-4-12(15)10-14/h11-12H,2-10H2,1H3,(H,16,17). The van der Waals surface area contributed by atoms with Crippen LogP contribution in [-0.2, 0) is 4.79 Å². The molecule has 2 atom stereocenters. The first-order valence-electron chi connectivity index (χ1n) is 6.86. The molecule has 0 aliphatic carbocycles. The molecule has 2 rings (SSSR count). The Balaban J connectivity index is 1.74. The van der Waals surface area contributed by atoms with Gasteiger partial charge in [-0.2, -0.15) is 0 Å². The highest BCUT2D eigenvalue weighted by Gasteiger charge is 2.28. The van der Waals surface area contributed by atoms with E-state index in [0.717, 1.165) is 32.1 Å². The zero-order valence-corrected chi connectivity index (χ0v) is 10.8. The molecule has 0 saturated carbocycles. The van der Waals surface area contributed by atoms with Crippen molar-refractivity contribution in [1.29, 1.82) is 0 Å². The normalized spacial score (nSPS) is 28.6. The van der Waals surface area contributed by atoms with Gasteiger partial charge >= 0.3 is 5.97 Å². The monoisotopic (exact) mass is 240 g/mol. The summed E-state index contributed by atoms with van der Waals surface area (Å²) in [5.74, 6) is -0.874. The van der Waals surface area contributed by atoms with E-state index in [0.29, 0.717) is 0 Å². The van der Waals surface area contributed by atoms with Gasteiger partial charge in [0.05, 0.1) is 5.92 Å². The van der Waals surface area contributed by atoms with Gasteiger partial charge in [0.1, 0.15) is 0 Å². The predicted molar refractivity (Wildman–Crippen MR) is 67.1 cm³/mol. The fraction of sp³-hybridized carbons (Fsp3) is 0.923. The van der Waals surface area contributed by atoms with Crippen LogP contribution in [0.25, 0.3) is 0 Å². The van der Waals surface area contributed by atoms with Gasteiger partial charge in [-0.15, -0.1) is 0 Å². The molecule has 2 saturated heterocycles. The van der Waals surface area contributed by atoms with Crippen LogP contribution in [0, 0.1) is 5.92 Å². The van der Waals surface area contributed by atoms with E-state index in [1.807, 2.05) is 0 Å². The van der Waals surface area contributed by atoms with Gasteiger partial charge in [0, 0.05) is 25.7 Å². The van der Waals surface area contributed by atoms with Crippen LogP contribution in [0.2, 0.25) is 0 Å². The molecule has 2 heterocycles. The highest BCUT2D eigenvalue weighted by atomic mass is 16.4. The molecule has 4 heteroatoms. The Morgan fingerprint density at radius 2 is 2.18 bits per heavy atom. The molecule has 0 aromatic heterocycles. The molecular formula is C13H24N2O2. The number of hydrogen-bond donors (Lipinski definition) is 1. The molecule has 1 N–H and O–H groups in total. The molecular weight excluding hydrogens is 216 g/mol. The minimum atomic E-state index is -0.665. The molecule has 2 aliphatic rings. The zero-order valence-electron chi connectivity index (χ0n) is 10.8. The van der Waals surface area contributed by atoms with Crippen molar-refractivity contribution in [3.63, 3.8) is 0 Å². The number of carboxylic acid groups (broad SMARTS) is 1. The second kappa shape index (κ2) is 5.83. The number of carboxylic acids is 1. The maximum atomic E-state index is 10.8. The summed E-state index contributed by atoms with van der Waals surface area (Å²) in [5, 5.41) is 8.87. The molecule has 0 amide bonds. The van der Waals surface area contributed by atoms with Crippen molar-refractivity contribution in [3.05, 3.63) is 0 Å². The maximum absolute atomic E-state index is 10.8. The molecule has 0 aromatic rings. The predicted octanol–water partition coefficient (Wildman–Crippen LogP) is 1.27. The quantitative estimate of drug-likeness (QED) is 0.803. The lowest BCUT2D eigenvalue weighted by molar-refractivity contribution is -0.141. The van der Waals surface area contributed by atoms with Crippen LogP contribution in [0.5, 0.6) is 0 Å². The number of piperazine rings is 1. The average Bonchev–Trinajstić information content (AvgIpc) is 2.35. The maximum Gasteiger partial charge on any atom is 0.306 e. The molecule has 0 aromatic carbocycles. The van der Waals surface area contributed by atoms with Crippen molar-refractivity contribution < 1.29 is 9.90 Å². The van der Waals surface area contributed by atoms with Crippen LogP contribution in [0.15, 0.2) is 0 Å². The largest absolute Gasteiger partial charge is 0.481 e. The second-order valence-corrected chi connectivity index (χ2v) is 5.51. The zero-order chi connectivity index (χ0) is 12.3. The van der Waals surface area contributed by atoms with E-state index in [9.17, 15) is 4.79 Å². The highest BCUT2D eigenvalue weighted by Crippen LogP contribution is 2.21. The van der Waals surface area contributed by atoms with Gasteiger partial charge in [0.25, 0.3) is 0 Å². The molecule has 0 radical (unpaired) electrons. The Labute approximate surface area is 104 Å². The SMILES string of the molecule is CC(CCN1CCN2CCCCC2C1)C(=O)O. The number of carbonyl (C=O) groups is 1. The van der Waals surface area contributed by atoms with Gasteiger partial charge < -0.3 is 10.0 Å². The molecule has 2 fully saturated rings. The van der Waals surface area contributed by atoms with Gasteiger partial charge in [-0.3, -0.25) is 9.69 Å². The number of aliphatic carboxylic acids is 1. The number of rotatable bonds is 4. The van der Waals surface area contributed by atoms with Crippen LogP contribution in [0.4, 0.5) is 0 Å². The van der Waals surface area contributed by atoms with Crippen LogP contribution in [-0.4, -0.2) is 59.6 Å². The summed E-state index contributed by atoms with van der Waals surface area (Å²) in [6, 6.07) is 0.734. The summed E-state index contributed by atoms with van der Waals surface area (Å²) < 4.78 is 0. The lowest BCUT2D eigenvalue weighted by Gasteiger charge is -2.44. The van der Waals surface area contributed by atoms with E-state index >= 15 is 0 Å². The van der Waals surface area contributed by atoms with Crippen molar-refractivity contribution in [2.75, 3.05) is 32.7 Å². The lowest BCUT2D eigenvalue weighted by atomic mass is 9.99. The first-order valence-corrected chi connectivity index (χ1v) is 6.86. The summed E-state index contributed by atoms with van der Waals surface area (Å²) in [4.78, 5) is 15.8. The van der Waals surface area contributed by atoms with E-state index in [-0.39, 0.29) is 5.92 Å². The fourth-order valence-corrected chi connectivity index (χ4v) is 2.92. The van der Waals surface area contributed by atoms with Gasteiger partial charge in [0.2, 0.25) is 0 Å². The molecule has 4 nitrogen and oxygen atoms in total. The first-order chi connectivity index (χ1) is 8.16. The van der Waals surface area contributed by atoms with Crippen molar-refractivity contribution in [2.24, 2.45) is 5.92 Å². The number of nitrogens with zero attached hydrogens (tertiary/aromatic N) is 2. The van der Waals surface area contributed by atoms with E-state index in [4.69, 9.17) is 5.11 Å². The molecule has 0 bridgehead atoms. The van der Waals surface area contributed by atoms with E-state index in [1.165, 1.54) is 32.4 Å². The molecule has 2 unspecified atom stereocenters. The Hall–Kier alpha value is -0.610. The number of hydrogen-bond acceptors (Lipinski definition) is 3. The first kappa shape index (κ1) is 12.8. The third-order valence-corrected chi connectivity index (χ3v) is 4.22. The van der Waals surface area contributed by atoms with E-state index in [2.05, 4.69) is 9.80 Å². The number of piperidine rings is 1. The van der Waals surface area contributed by atoms with Crippen LogP contribution in [0.1, 0.15) is 32.6 Å². The Kier molecular flexibility index (Phi) is 4.40. The second-order valence-electron chi connectivity index (χ2n) is 5.51. The Morgan fingerprint density at radius 1 is 1.35 bits per heavy atom. The third-order valence-electron chi connectivity index (χ3n) is 4.22. The minimum absolute atomic E-state index is 0.209. The molecule has 17 heavy (non-hydrogen) atoms. The van der Waals surface area contributed by atoms with E-state index in [1.54, 1.807) is 6.92 Å². The van der Waals surface area contributed by atoms with Crippen molar-refractivity contribution in [2.45, 2.75) is 38.6 Å². The van der Waals surface area contributed by atoms with Crippen LogP contribution in [0.3, 0.4) is 0 Å². The molecule has 98 valence electrons. The van der Waals surface area contributed by atoms with Gasteiger partial charge in [-0.25, -0.2) is 0 Å². The number of fused-ring (bicyclic) bond motifs is 1. The summed E-state index contributed by atoms with van der Waals surface area (Å²) in [7, 11) is 0. The summed E-state index contributed by atoms with van der Waals surface area (Å²) in [6.45, 7) is 7.45. The smallest absolute Gasteiger partial charge is 0.306 e. The van der Waals surface area contributed by atoms with Crippen molar-refractivity contribution in [3.8, 4) is 0 Å². The van der Waals surface area contributed by atoms with Crippen molar-refractivity contribution >= 4 is 5.97 Å². The highest BCUT2D eigenvalue weighted by molar-refractivity contribution is 5.69. The van der Waals surface area contributed by atoms with Gasteiger partial charge in [0.15, 0.2) is 0 Å². The Bertz CT molecular complexity index is 270. The van der Waals surface area contributed by atoms with Gasteiger partial charge in [-0.05, 0) is 32.4 Å². The summed E-state index contributed by atoms with van der Waals surface area (Å²) in [6.07, 6.45) is 4.82. The van der Waals surface area contributed by atoms with Crippen LogP contribution < -0.4 is 0 Å². The molecule has 0 spiro atoms. The van der Waals surface area contributed by atoms with Gasteiger partial charge in [-0.1, -0.05) is 13.3 Å². The summed E-state index contributed by atoms with van der Waals surface area (Å²) >= 11 is 0.